The van der Waals surface area contributed by atoms with Gasteiger partial charge in [0.25, 0.3) is 17.7 Å². The van der Waals surface area contributed by atoms with Gasteiger partial charge in [-0.15, -0.1) is 0 Å². The number of nitrogens with one attached hydrogen (secondary N) is 2. The minimum absolute atomic E-state index is 0.0993. The molecule has 1 aliphatic heterocycles. The highest BCUT2D eigenvalue weighted by Gasteiger charge is 2.36. The third-order valence-electron chi connectivity index (χ3n) is 4.35. The summed E-state index contributed by atoms with van der Waals surface area (Å²) in [5.74, 6) is -2.48. The highest BCUT2D eigenvalue weighted by atomic mass is 19.1. The van der Waals surface area contributed by atoms with E-state index in [1.807, 2.05) is 0 Å². The zero-order valence-electron chi connectivity index (χ0n) is 15.1. The van der Waals surface area contributed by atoms with Crippen LogP contribution in [0.4, 0.5) is 4.39 Å². The minimum Gasteiger partial charge on any atom is -0.353 e. The zero-order chi connectivity index (χ0) is 20.3. The first kappa shape index (κ1) is 19.2. The molecule has 144 valence electrons. The number of fused-ring (bicyclic) bond motifs is 1. The number of aryl methyl sites for hydroxylation is 1. The number of rotatable bonds is 6. The molecule has 4 amide bonds. The third-order valence-corrected chi connectivity index (χ3v) is 4.35. The van der Waals surface area contributed by atoms with Gasteiger partial charge in [-0.25, -0.2) is 4.39 Å². The van der Waals surface area contributed by atoms with Crippen LogP contribution >= 0.6 is 0 Å². The minimum atomic E-state index is -0.523. The molecule has 1 aliphatic rings. The van der Waals surface area contributed by atoms with Crippen LogP contribution in [0.3, 0.4) is 0 Å². The lowest BCUT2D eigenvalue weighted by molar-refractivity contribution is -0.121. The Hall–Kier alpha value is -3.55. The highest BCUT2D eigenvalue weighted by Crippen LogP contribution is 2.21. The highest BCUT2D eigenvalue weighted by molar-refractivity contribution is 6.22. The molecule has 7 nitrogen and oxygen atoms in total. The molecule has 2 aromatic carbocycles. The predicted octanol–water partition coefficient (Wildman–Crippen LogP) is 1.28. The molecular weight excluding hydrogens is 365 g/mol. The molecule has 28 heavy (non-hydrogen) atoms. The van der Waals surface area contributed by atoms with E-state index in [1.165, 1.54) is 24.3 Å². The fraction of sp³-hybridized carbons (Fsp3) is 0.200. The van der Waals surface area contributed by atoms with Gasteiger partial charge in [0.2, 0.25) is 5.91 Å². The van der Waals surface area contributed by atoms with E-state index < -0.39 is 36.0 Å². The van der Waals surface area contributed by atoms with Crippen molar-refractivity contribution in [2.45, 2.75) is 6.92 Å². The molecule has 0 spiro atoms. The number of imide groups is 1. The number of halogens is 1. The van der Waals surface area contributed by atoms with Crippen LogP contribution in [0, 0.1) is 12.7 Å². The second-order valence-corrected chi connectivity index (χ2v) is 6.31. The van der Waals surface area contributed by atoms with Crippen molar-refractivity contribution < 1.29 is 23.6 Å². The second-order valence-electron chi connectivity index (χ2n) is 6.31. The van der Waals surface area contributed by atoms with Crippen molar-refractivity contribution in [2.75, 3.05) is 19.6 Å². The number of hydrogen-bond donors (Lipinski definition) is 2. The average Bonchev–Trinajstić information content (AvgIpc) is 2.92. The van der Waals surface area contributed by atoms with E-state index >= 15 is 0 Å². The van der Waals surface area contributed by atoms with Gasteiger partial charge in [-0.05, 0) is 36.8 Å². The van der Waals surface area contributed by atoms with Crippen LogP contribution in [0.15, 0.2) is 42.5 Å². The number of nitrogens with zero attached hydrogens (tertiary/aromatic N) is 1. The van der Waals surface area contributed by atoms with Gasteiger partial charge in [-0.3, -0.25) is 24.1 Å². The average molecular weight is 383 g/mol. The van der Waals surface area contributed by atoms with Gasteiger partial charge >= 0.3 is 0 Å². The van der Waals surface area contributed by atoms with E-state index in [9.17, 15) is 23.6 Å². The maximum Gasteiger partial charge on any atom is 0.262 e. The van der Waals surface area contributed by atoms with Crippen LogP contribution in [0.5, 0.6) is 0 Å². The third kappa shape index (κ3) is 3.90. The summed E-state index contributed by atoms with van der Waals surface area (Å²) < 4.78 is 13.5. The zero-order valence-corrected chi connectivity index (χ0v) is 15.1. The molecule has 0 radical (unpaired) electrons. The van der Waals surface area contributed by atoms with Crippen LogP contribution in [-0.2, 0) is 4.79 Å². The van der Waals surface area contributed by atoms with Gasteiger partial charge in [0.05, 0.1) is 11.1 Å². The Morgan fingerprint density at radius 1 is 0.964 bits per heavy atom. The number of carbonyl (C=O) groups excluding carboxylic acids is 4. The lowest BCUT2D eigenvalue weighted by Gasteiger charge is -2.13. The summed E-state index contributed by atoms with van der Waals surface area (Å²) in [7, 11) is 0. The second kappa shape index (κ2) is 7.99. The van der Waals surface area contributed by atoms with Crippen molar-refractivity contribution in [1.29, 1.82) is 0 Å². The molecule has 0 bridgehead atoms. The molecule has 0 fully saturated rings. The van der Waals surface area contributed by atoms with Crippen molar-refractivity contribution in [3.63, 3.8) is 0 Å². The van der Waals surface area contributed by atoms with Crippen molar-refractivity contribution in [2.24, 2.45) is 0 Å². The number of benzene rings is 2. The largest absolute Gasteiger partial charge is 0.353 e. The molecule has 0 aromatic heterocycles. The Balaban J connectivity index is 1.45. The first-order valence-corrected chi connectivity index (χ1v) is 8.64. The van der Waals surface area contributed by atoms with Gasteiger partial charge in [0.1, 0.15) is 12.4 Å². The number of carbonyl (C=O) groups is 4. The van der Waals surface area contributed by atoms with E-state index in [0.29, 0.717) is 5.56 Å². The molecule has 0 unspecified atom stereocenters. The Morgan fingerprint density at radius 2 is 1.57 bits per heavy atom. The van der Waals surface area contributed by atoms with Gasteiger partial charge in [0, 0.05) is 18.7 Å². The molecule has 8 heteroatoms. The Kier molecular flexibility index (Phi) is 5.49. The van der Waals surface area contributed by atoms with E-state index in [0.717, 1.165) is 11.0 Å². The molecule has 2 N–H and O–H groups in total. The van der Waals surface area contributed by atoms with Gasteiger partial charge in [-0.1, -0.05) is 18.2 Å². The van der Waals surface area contributed by atoms with Crippen molar-refractivity contribution >= 4 is 23.6 Å². The fourth-order valence-corrected chi connectivity index (χ4v) is 2.80. The SMILES string of the molecule is Cc1ccc(C(=O)NCCNC(=O)CN2C(=O)c3ccccc3C2=O)cc1F. The van der Waals surface area contributed by atoms with E-state index in [4.69, 9.17) is 0 Å². The standard InChI is InChI=1S/C20H18FN3O4/c1-12-6-7-13(10-16(12)21)18(26)23-9-8-22-17(25)11-24-19(27)14-4-2-3-5-15(14)20(24)28/h2-7,10H,8-9,11H2,1H3,(H,22,25)(H,23,26). The van der Waals surface area contributed by atoms with E-state index in [2.05, 4.69) is 10.6 Å². The maximum atomic E-state index is 13.5. The van der Waals surface area contributed by atoms with Gasteiger partial charge in [0.15, 0.2) is 0 Å². The normalized spacial score (nSPS) is 12.7. The maximum absolute atomic E-state index is 13.5. The van der Waals surface area contributed by atoms with Gasteiger partial charge in [-0.2, -0.15) is 0 Å². The quantitative estimate of drug-likeness (QED) is 0.580. The van der Waals surface area contributed by atoms with Crippen LogP contribution < -0.4 is 10.6 Å². The molecule has 2 aromatic rings. The van der Waals surface area contributed by atoms with Crippen LogP contribution in [0.2, 0.25) is 0 Å². The first-order valence-electron chi connectivity index (χ1n) is 8.64. The molecule has 1 heterocycles. The number of amides is 4. The lowest BCUT2D eigenvalue weighted by Crippen LogP contribution is -2.42. The fourth-order valence-electron chi connectivity index (χ4n) is 2.80. The van der Waals surface area contributed by atoms with Crippen molar-refractivity contribution in [3.8, 4) is 0 Å². The summed E-state index contributed by atoms with van der Waals surface area (Å²) in [5.41, 5.74) is 1.17. The van der Waals surface area contributed by atoms with Gasteiger partial charge < -0.3 is 10.6 Å². The Morgan fingerprint density at radius 3 is 2.18 bits per heavy atom. The molecule has 0 saturated carbocycles. The van der Waals surface area contributed by atoms with Crippen LogP contribution in [0.25, 0.3) is 0 Å². The smallest absolute Gasteiger partial charge is 0.262 e. The molecule has 3 rings (SSSR count). The summed E-state index contributed by atoms with van der Waals surface area (Å²) in [6, 6.07) is 10.5. The summed E-state index contributed by atoms with van der Waals surface area (Å²) in [6.07, 6.45) is 0. The van der Waals surface area contributed by atoms with Crippen molar-refractivity contribution in [3.05, 3.63) is 70.5 Å². The van der Waals surface area contributed by atoms with E-state index in [1.54, 1.807) is 19.1 Å². The Labute approximate surface area is 160 Å². The predicted molar refractivity (Wildman–Crippen MR) is 98.3 cm³/mol. The summed E-state index contributed by atoms with van der Waals surface area (Å²) in [6.45, 7) is 1.41. The van der Waals surface area contributed by atoms with Crippen LogP contribution in [-0.4, -0.2) is 48.2 Å². The summed E-state index contributed by atoms with van der Waals surface area (Å²) >= 11 is 0. The molecule has 0 saturated heterocycles. The summed E-state index contributed by atoms with van der Waals surface area (Å²) in [4.78, 5) is 49.3. The van der Waals surface area contributed by atoms with Crippen LogP contribution in [0.1, 0.15) is 36.6 Å². The Bertz CT molecular complexity index is 939. The first-order chi connectivity index (χ1) is 13.4. The van der Waals surface area contributed by atoms with Crippen molar-refractivity contribution in [1.82, 2.24) is 15.5 Å². The number of hydrogen-bond acceptors (Lipinski definition) is 4. The lowest BCUT2D eigenvalue weighted by atomic mass is 10.1. The van der Waals surface area contributed by atoms with E-state index in [-0.39, 0.29) is 29.8 Å². The molecular formula is C20H18FN3O4. The monoisotopic (exact) mass is 383 g/mol. The topological polar surface area (TPSA) is 95.6 Å². The molecule has 0 aliphatic carbocycles. The summed E-state index contributed by atoms with van der Waals surface area (Å²) in [5, 5.41) is 5.09. The molecule has 0 atom stereocenters.